The van der Waals surface area contributed by atoms with Gasteiger partial charge in [-0.15, -0.1) is 0 Å². The third kappa shape index (κ3) is 1.98. The lowest BCUT2D eigenvalue weighted by Gasteiger charge is -2.11. The molecule has 1 heteroatoms. The number of hydrogen-bond acceptors (Lipinski definition) is 1. The van der Waals surface area contributed by atoms with Crippen LogP contribution in [-0.4, -0.2) is 5.71 Å². The van der Waals surface area contributed by atoms with Crippen LogP contribution in [0.5, 0.6) is 0 Å². The Labute approximate surface area is 62.6 Å². The van der Waals surface area contributed by atoms with E-state index in [2.05, 4.69) is 13.0 Å². The number of nitrogens with one attached hydrogen (secondary N) is 1. The van der Waals surface area contributed by atoms with Gasteiger partial charge in [-0.05, 0) is 31.8 Å². The Morgan fingerprint density at radius 2 is 2.30 bits per heavy atom. The summed E-state index contributed by atoms with van der Waals surface area (Å²) in [5, 5.41) is 7.42. The zero-order valence-electron chi connectivity index (χ0n) is 6.61. The van der Waals surface area contributed by atoms with Crippen molar-refractivity contribution in [2.75, 3.05) is 0 Å². The van der Waals surface area contributed by atoms with Crippen molar-refractivity contribution in [1.82, 2.24) is 0 Å². The van der Waals surface area contributed by atoms with Gasteiger partial charge in [-0.3, -0.25) is 0 Å². The maximum atomic E-state index is 7.42. The first kappa shape index (κ1) is 7.52. The molecule has 0 aliphatic heterocycles. The highest BCUT2D eigenvalue weighted by molar-refractivity contribution is 5.93. The van der Waals surface area contributed by atoms with Gasteiger partial charge >= 0.3 is 0 Å². The Morgan fingerprint density at radius 3 is 2.90 bits per heavy atom. The first-order chi connectivity index (χ1) is 4.83. The monoisotopic (exact) mass is 137 g/mol. The van der Waals surface area contributed by atoms with Crippen molar-refractivity contribution in [2.45, 2.75) is 39.0 Å². The normalized spacial score (nSPS) is 18.9. The summed E-state index contributed by atoms with van der Waals surface area (Å²) < 4.78 is 0. The van der Waals surface area contributed by atoms with Gasteiger partial charge in [-0.2, -0.15) is 0 Å². The van der Waals surface area contributed by atoms with Crippen LogP contribution in [0.2, 0.25) is 0 Å². The largest absolute Gasteiger partial charge is 0.305 e. The number of hydrogen-bond donors (Lipinski definition) is 1. The minimum atomic E-state index is 0.828. The van der Waals surface area contributed by atoms with Gasteiger partial charge < -0.3 is 5.41 Å². The van der Waals surface area contributed by atoms with Gasteiger partial charge in [0.2, 0.25) is 0 Å². The molecule has 0 amide bonds. The SMILES string of the molecule is CCCC1=CC(=N)CCC1. The fourth-order valence-electron chi connectivity index (χ4n) is 1.41. The summed E-state index contributed by atoms with van der Waals surface area (Å²) in [6.07, 6.45) is 7.91. The molecule has 56 valence electrons. The van der Waals surface area contributed by atoms with Crippen molar-refractivity contribution in [3.8, 4) is 0 Å². The van der Waals surface area contributed by atoms with Crippen molar-refractivity contribution in [2.24, 2.45) is 0 Å². The van der Waals surface area contributed by atoms with E-state index in [4.69, 9.17) is 5.41 Å². The smallest absolute Gasteiger partial charge is 0.0313 e. The lowest BCUT2D eigenvalue weighted by atomic mass is 9.95. The molecular weight excluding hydrogens is 122 g/mol. The fourth-order valence-corrected chi connectivity index (χ4v) is 1.41. The minimum Gasteiger partial charge on any atom is -0.305 e. The average molecular weight is 137 g/mol. The van der Waals surface area contributed by atoms with E-state index in [9.17, 15) is 0 Å². The molecule has 1 aliphatic rings. The lowest BCUT2D eigenvalue weighted by molar-refractivity contribution is 0.764. The van der Waals surface area contributed by atoms with Crippen molar-refractivity contribution in [3.63, 3.8) is 0 Å². The fraction of sp³-hybridized carbons (Fsp3) is 0.667. The molecule has 0 saturated heterocycles. The second-order valence-electron chi connectivity index (χ2n) is 2.93. The summed E-state index contributed by atoms with van der Waals surface area (Å²) in [6, 6.07) is 0. The molecule has 0 fully saturated rings. The average Bonchev–Trinajstić information content (AvgIpc) is 1.88. The highest BCUT2D eigenvalue weighted by Crippen LogP contribution is 2.18. The van der Waals surface area contributed by atoms with E-state index < -0.39 is 0 Å². The predicted octanol–water partition coefficient (Wildman–Crippen LogP) is 2.92. The van der Waals surface area contributed by atoms with Crippen LogP contribution in [0.3, 0.4) is 0 Å². The van der Waals surface area contributed by atoms with Crippen molar-refractivity contribution in [3.05, 3.63) is 11.6 Å². The van der Waals surface area contributed by atoms with Gasteiger partial charge in [0.25, 0.3) is 0 Å². The molecule has 1 aliphatic carbocycles. The third-order valence-corrected chi connectivity index (χ3v) is 1.89. The van der Waals surface area contributed by atoms with Gasteiger partial charge in [0, 0.05) is 5.71 Å². The van der Waals surface area contributed by atoms with Crippen LogP contribution < -0.4 is 0 Å². The van der Waals surface area contributed by atoms with Gasteiger partial charge in [0.1, 0.15) is 0 Å². The lowest BCUT2D eigenvalue weighted by Crippen LogP contribution is -2.01. The number of rotatable bonds is 2. The van der Waals surface area contributed by atoms with Crippen LogP contribution in [0.4, 0.5) is 0 Å². The maximum absolute atomic E-state index is 7.42. The van der Waals surface area contributed by atoms with Gasteiger partial charge in [-0.1, -0.05) is 18.9 Å². The topological polar surface area (TPSA) is 23.9 Å². The standard InChI is InChI=1S/C9H15N/c1-2-4-8-5-3-6-9(10)7-8/h7,10H,2-6H2,1H3. The van der Waals surface area contributed by atoms with Gasteiger partial charge in [0.05, 0.1) is 0 Å². The summed E-state index contributed by atoms with van der Waals surface area (Å²) in [4.78, 5) is 0. The van der Waals surface area contributed by atoms with Crippen LogP contribution >= 0.6 is 0 Å². The summed E-state index contributed by atoms with van der Waals surface area (Å²) >= 11 is 0. The second-order valence-corrected chi connectivity index (χ2v) is 2.93. The molecular formula is C9H15N. The molecule has 0 aromatic rings. The van der Waals surface area contributed by atoms with E-state index >= 15 is 0 Å². The first-order valence-electron chi connectivity index (χ1n) is 4.10. The summed E-state index contributed by atoms with van der Waals surface area (Å²) in [6.45, 7) is 2.19. The van der Waals surface area contributed by atoms with Gasteiger partial charge in [-0.25, -0.2) is 0 Å². The van der Waals surface area contributed by atoms with Crippen LogP contribution in [0.25, 0.3) is 0 Å². The van der Waals surface area contributed by atoms with Crippen LogP contribution in [-0.2, 0) is 0 Å². The Hall–Kier alpha value is -0.590. The van der Waals surface area contributed by atoms with Crippen molar-refractivity contribution >= 4 is 5.71 Å². The molecule has 0 heterocycles. The molecule has 0 unspecified atom stereocenters. The van der Waals surface area contributed by atoms with E-state index in [1.165, 1.54) is 31.3 Å². The van der Waals surface area contributed by atoms with Crippen molar-refractivity contribution in [1.29, 1.82) is 5.41 Å². The van der Waals surface area contributed by atoms with E-state index in [1.54, 1.807) is 0 Å². The van der Waals surface area contributed by atoms with E-state index in [0.717, 1.165) is 12.1 Å². The Balaban J connectivity index is 2.49. The minimum absolute atomic E-state index is 0.828. The van der Waals surface area contributed by atoms with Crippen LogP contribution in [0.1, 0.15) is 39.0 Å². The Kier molecular flexibility index (Phi) is 2.67. The third-order valence-electron chi connectivity index (χ3n) is 1.89. The van der Waals surface area contributed by atoms with Gasteiger partial charge in [0.15, 0.2) is 0 Å². The molecule has 0 radical (unpaired) electrons. The van der Waals surface area contributed by atoms with E-state index in [-0.39, 0.29) is 0 Å². The molecule has 0 aromatic heterocycles. The van der Waals surface area contributed by atoms with E-state index in [0.29, 0.717) is 0 Å². The molecule has 1 N–H and O–H groups in total. The summed E-state index contributed by atoms with van der Waals surface area (Å²) in [7, 11) is 0. The predicted molar refractivity (Wildman–Crippen MR) is 44.6 cm³/mol. The highest BCUT2D eigenvalue weighted by atomic mass is 14.4. The first-order valence-corrected chi connectivity index (χ1v) is 4.10. The molecule has 0 bridgehead atoms. The summed E-state index contributed by atoms with van der Waals surface area (Å²) in [5.41, 5.74) is 2.31. The molecule has 0 spiro atoms. The molecule has 1 nitrogen and oxygen atoms in total. The highest BCUT2D eigenvalue weighted by Gasteiger charge is 2.05. The molecule has 0 saturated carbocycles. The maximum Gasteiger partial charge on any atom is 0.0313 e. The van der Waals surface area contributed by atoms with Crippen LogP contribution in [0, 0.1) is 5.41 Å². The van der Waals surface area contributed by atoms with Crippen molar-refractivity contribution < 1.29 is 0 Å². The number of allylic oxidation sites excluding steroid dienone is 2. The molecule has 1 rings (SSSR count). The summed E-state index contributed by atoms with van der Waals surface area (Å²) in [5.74, 6) is 0. The quantitative estimate of drug-likeness (QED) is 0.605. The second kappa shape index (κ2) is 3.55. The molecule has 0 aromatic carbocycles. The Morgan fingerprint density at radius 1 is 1.50 bits per heavy atom. The van der Waals surface area contributed by atoms with E-state index in [1.807, 2.05) is 0 Å². The van der Waals surface area contributed by atoms with Crippen LogP contribution in [0.15, 0.2) is 11.6 Å². The zero-order valence-corrected chi connectivity index (χ0v) is 6.61. The zero-order chi connectivity index (χ0) is 7.40. The molecule has 0 atom stereocenters. The molecule has 10 heavy (non-hydrogen) atoms. The Bertz CT molecular complexity index is 156.